The van der Waals surface area contributed by atoms with Crippen molar-refractivity contribution in [3.05, 3.63) is 96.1 Å². The first-order valence-electron chi connectivity index (χ1n) is 35.4. The number of likely N-dealkylation sites (tertiary alicyclic amines) is 2. The Morgan fingerprint density at radius 2 is 0.980 bits per heavy atom. The van der Waals surface area contributed by atoms with E-state index >= 15 is 0 Å². The van der Waals surface area contributed by atoms with Crippen LogP contribution in [0.3, 0.4) is 0 Å². The summed E-state index contributed by atoms with van der Waals surface area (Å²) < 4.78 is 16.3. The third kappa shape index (κ3) is 21.2. The number of carbonyl (C=O) groups excluding carboxylic acids is 11. The van der Waals surface area contributed by atoms with Crippen molar-refractivity contribution in [1.82, 2.24) is 51.5 Å². The highest BCUT2D eigenvalue weighted by Gasteiger charge is 2.65. The maximum atomic E-state index is 14.4. The number of esters is 1. The zero-order valence-corrected chi connectivity index (χ0v) is 60.3. The molecule has 2 saturated carbocycles. The van der Waals surface area contributed by atoms with Crippen LogP contribution in [0.4, 0.5) is 9.59 Å². The SMILES string of the molecule is CC(=O)O[C@@H]1C[C@H]2C(=O)N[C@]3(C(=O)N4CCC[C@@H]4C(=O)NCc4ccccc4)C[C@H]3/C=C\CCCCC[C@H](NC(=O)OC(C)(C)C)C(=O)N2C1.CC(C)(C)OC(=O)N[C@H]1CCCCC/C=C\[C@@H]2C[C@@]2(C(=O)N2CCC[C@@H]2C(=O)NCc2ccccc2)NC(=O)[C@@H]2C[C@@H](O)CN2C1=O.ClCCl. The molecule has 2 aliphatic carbocycles. The van der Waals surface area contributed by atoms with Crippen LogP contribution in [0.15, 0.2) is 85.0 Å². The molecule has 0 unspecified atom stereocenters. The molecule has 2 aromatic rings. The van der Waals surface area contributed by atoms with E-state index in [1.54, 1.807) is 51.3 Å². The van der Waals surface area contributed by atoms with E-state index in [1.165, 1.54) is 16.7 Å². The average Bonchev–Trinajstić information content (AvgIpc) is 1.57. The lowest BCUT2D eigenvalue weighted by molar-refractivity contribution is -0.147. The van der Waals surface area contributed by atoms with E-state index in [4.69, 9.17) is 37.4 Å². The molecule has 6 fully saturated rings. The van der Waals surface area contributed by atoms with Gasteiger partial charge >= 0.3 is 18.2 Å². The fourth-order valence-corrected chi connectivity index (χ4v) is 14.2. The fourth-order valence-electron chi connectivity index (χ4n) is 14.2. The fraction of sp³-hybridized carbons (Fsp3) is 0.630. The Bertz CT molecular complexity index is 3290. The van der Waals surface area contributed by atoms with Crippen molar-refractivity contribution in [3.8, 4) is 0 Å². The highest BCUT2D eigenvalue weighted by atomic mass is 35.5. The summed E-state index contributed by atoms with van der Waals surface area (Å²) in [7, 11) is 0. The molecule has 10 rings (SSSR count). The Hall–Kier alpha value is -7.77. The van der Waals surface area contributed by atoms with Crippen LogP contribution >= 0.6 is 23.2 Å². The lowest BCUT2D eigenvalue weighted by Crippen LogP contribution is -2.59. The molecule has 0 spiro atoms. The van der Waals surface area contributed by atoms with Crippen LogP contribution in [0.25, 0.3) is 0 Å². The van der Waals surface area contributed by atoms with E-state index < -0.39 is 113 Å². The molecular weight excluding hydrogens is 1330 g/mol. The van der Waals surface area contributed by atoms with Crippen LogP contribution < -0.4 is 31.9 Å². The molecule has 10 amide bonds. The Kier molecular flexibility index (Phi) is 27.5. The molecule has 25 nitrogen and oxygen atoms in total. The standard InChI is InChI=1S/C37H51N5O8.C35H49N5O7.CH2Cl2/c1-24(43)49-27-20-30-32(45)40-37(34(47)41-19-13-18-29(41)31(44)38-22-25-14-9-8-10-15-25)21-26(37)16-11-6-5-7-12-17-28(33(46)42(30)23-27)39-35(48)50-36(2,3)4;1-34(2,3)47-33(46)37-26-16-11-6-4-5-10-15-24-20-35(24,38-30(43)28-19-25(41)22-40(28)31(26)44)32(45)39-18-12-17-27(39)29(42)36-21-23-13-8-7-9-14-23;2-1-3/h8-11,14-16,26-30H,5-7,12-13,17-23H2,1-4H3,(H,38,44)(H,39,48)(H,40,45);7-10,13-15,24-28,41H,4-6,11-12,16-22H2,1-3H3,(H,36,42)(H,37,46)(H,38,43);1H2/b16-11-;15-10-;/t26-,27-,28+,29-,30+,37-;24-,25-,26+,27-,28+,35-;/m11./s1. The third-order valence-electron chi connectivity index (χ3n) is 19.2. The van der Waals surface area contributed by atoms with Crippen LogP contribution in [-0.4, -0.2) is 192 Å². The van der Waals surface area contributed by atoms with Gasteiger partial charge < -0.3 is 70.8 Å². The molecule has 0 aromatic heterocycles. The molecule has 4 saturated heterocycles. The molecule has 548 valence electrons. The minimum absolute atomic E-state index is 0.00966. The minimum atomic E-state index is -1.28. The maximum Gasteiger partial charge on any atom is 0.408 e. The Morgan fingerprint density at radius 1 is 0.570 bits per heavy atom. The van der Waals surface area contributed by atoms with Crippen molar-refractivity contribution in [2.24, 2.45) is 11.8 Å². The normalized spacial score (nSPS) is 29.2. The van der Waals surface area contributed by atoms with Crippen molar-refractivity contribution in [2.45, 2.75) is 248 Å². The maximum absolute atomic E-state index is 14.4. The zero-order chi connectivity index (χ0) is 72.5. The van der Waals surface area contributed by atoms with Crippen molar-refractivity contribution < 1.29 is 72.1 Å². The largest absolute Gasteiger partial charge is 0.461 e. The van der Waals surface area contributed by atoms with E-state index in [0.29, 0.717) is 90.4 Å². The van der Waals surface area contributed by atoms with Crippen LogP contribution in [0.1, 0.15) is 175 Å². The molecule has 0 radical (unpaired) electrons. The monoisotopic (exact) mass is 1430 g/mol. The number of nitrogens with one attached hydrogen (secondary N) is 6. The number of amides is 10. The Morgan fingerprint density at radius 3 is 1.39 bits per heavy atom. The molecule has 0 bridgehead atoms. The zero-order valence-electron chi connectivity index (χ0n) is 58.7. The van der Waals surface area contributed by atoms with E-state index in [9.17, 15) is 57.8 Å². The van der Waals surface area contributed by atoms with Crippen LogP contribution in [0.5, 0.6) is 0 Å². The number of aliphatic hydroxyl groups is 1. The summed E-state index contributed by atoms with van der Waals surface area (Å²) >= 11 is 9.53. The van der Waals surface area contributed by atoms with Gasteiger partial charge in [0.05, 0.1) is 18.0 Å². The van der Waals surface area contributed by atoms with Crippen LogP contribution in [0, 0.1) is 11.8 Å². The molecule has 8 aliphatic rings. The molecule has 7 N–H and O–H groups in total. The summed E-state index contributed by atoms with van der Waals surface area (Å²) in [6, 6.07) is 13.8. The number of benzene rings is 2. The number of nitrogens with zero attached hydrogens (tertiary/aromatic N) is 4. The molecule has 27 heteroatoms. The second-order valence-electron chi connectivity index (χ2n) is 29.3. The van der Waals surface area contributed by atoms with Gasteiger partial charge in [0.15, 0.2) is 0 Å². The van der Waals surface area contributed by atoms with Gasteiger partial charge in [0.25, 0.3) is 0 Å². The number of alkyl carbamates (subject to hydrolysis) is 2. The number of rotatable bonds is 11. The predicted molar refractivity (Wildman–Crippen MR) is 373 cm³/mol. The van der Waals surface area contributed by atoms with Crippen LogP contribution in [-0.2, 0) is 70.5 Å². The number of ether oxygens (including phenoxy) is 3. The van der Waals surface area contributed by atoms with Crippen LogP contribution in [0.2, 0.25) is 0 Å². The number of hydrogen-bond acceptors (Lipinski definition) is 15. The lowest BCUT2D eigenvalue weighted by atomic mass is 10.0. The molecule has 12 atom stereocenters. The summed E-state index contributed by atoms with van der Waals surface area (Å²) in [5, 5.41) is 28.2. The Labute approximate surface area is 596 Å². The number of carbonyl (C=O) groups is 11. The average molecular weight is 1430 g/mol. The minimum Gasteiger partial charge on any atom is -0.461 e. The van der Waals surface area contributed by atoms with Gasteiger partial charge in [0.1, 0.15) is 64.6 Å². The van der Waals surface area contributed by atoms with E-state index in [1.807, 2.05) is 85.0 Å². The van der Waals surface area contributed by atoms with Crippen molar-refractivity contribution in [2.75, 3.05) is 31.5 Å². The van der Waals surface area contributed by atoms with Gasteiger partial charge in [-0.2, -0.15) is 0 Å². The van der Waals surface area contributed by atoms with Crippen molar-refractivity contribution in [1.29, 1.82) is 0 Å². The summed E-state index contributed by atoms with van der Waals surface area (Å²) in [4.78, 5) is 155. The first kappa shape index (κ1) is 78.0. The summed E-state index contributed by atoms with van der Waals surface area (Å²) in [6.07, 6.45) is 14.8. The number of allylic oxidation sites excluding steroid dienone is 2. The van der Waals surface area contributed by atoms with Gasteiger partial charge in [-0.3, -0.25) is 43.2 Å². The quantitative estimate of drug-likeness (QED) is 0.0512. The second kappa shape index (κ2) is 35.2. The first-order chi connectivity index (χ1) is 47.6. The summed E-state index contributed by atoms with van der Waals surface area (Å²) in [6.45, 7) is 13.0. The third-order valence-corrected chi connectivity index (χ3v) is 19.2. The molecule has 2 aromatic carbocycles. The highest BCUT2D eigenvalue weighted by molar-refractivity contribution is 6.40. The number of fused-ring (bicyclic) bond motifs is 4. The van der Waals surface area contributed by atoms with Gasteiger partial charge in [-0.1, -0.05) is 111 Å². The smallest absolute Gasteiger partial charge is 0.408 e. The lowest BCUT2D eigenvalue weighted by Gasteiger charge is -2.32. The topological polar surface area (TPSA) is 321 Å². The second-order valence-corrected chi connectivity index (χ2v) is 30.1. The molecule has 100 heavy (non-hydrogen) atoms. The van der Waals surface area contributed by atoms with E-state index in [2.05, 4.69) is 31.9 Å². The summed E-state index contributed by atoms with van der Waals surface area (Å²) in [5.74, 6) is -4.21. The van der Waals surface area contributed by atoms with Gasteiger partial charge in [-0.25, -0.2) is 9.59 Å². The van der Waals surface area contributed by atoms with E-state index in [-0.39, 0.29) is 66.7 Å². The first-order valence-corrected chi connectivity index (χ1v) is 36.4. The highest BCUT2D eigenvalue weighted by Crippen LogP contribution is 2.49. The van der Waals surface area contributed by atoms with Crippen molar-refractivity contribution >= 4 is 88.6 Å². The number of halogens is 2. The van der Waals surface area contributed by atoms with Gasteiger partial charge in [0.2, 0.25) is 47.3 Å². The van der Waals surface area contributed by atoms with Crippen molar-refractivity contribution in [3.63, 3.8) is 0 Å². The van der Waals surface area contributed by atoms with Gasteiger partial charge in [0, 0.05) is 64.3 Å². The van der Waals surface area contributed by atoms with Gasteiger partial charge in [-0.15, -0.1) is 23.2 Å². The molecular formula is C73H102Cl2N10O15. The number of hydrogen-bond donors (Lipinski definition) is 7. The number of alkyl halides is 2. The number of aliphatic hydroxyl groups excluding tert-OH is 1. The summed E-state index contributed by atoms with van der Waals surface area (Å²) in [5.41, 5.74) is -2.16. The predicted octanol–water partition coefficient (Wildman–Crippen LogP) is 7.08. The van der Waals surface area contributed by atoms with Gasteiger partial charge in [-0.05, 0) is 130 Å². The molecule has 6 heterocycles. The van der Waals surface area contributed by atoms with E-state index in [0.717, 1.165) is 49.7 Å². The Balaban J connectivity index is 0.000000245. The molecule has 6 aliphatic heterocycles.